The lowest BCUT2D eigenvalue weighted by Crippen LogP contribution is -2.62. The van der Waals surface area contributed by atoms with Crippen LogP contribution in [0.4, 0.5) is 13.2 Å². The topological polar surface area (TPSA) is 27.6 Å². The summed E-state index contributed by atoms with van der Waals surface area (Å²) in [6, 6.07) is 7.25. The highest BCUT2D eigenvalue weighted by molar-refractivity contribution is 9.10. The highest BCUT2D eigenvalue weighted by Crippen LogP contribution is 2.40. The summed E-state index contributed by atoms with van der Waals surface area (Å²) in [5.74, 6) is 0. The van der Waals surface area contributed by atoms with E-state index < -0.39 is 11.8 Å². The first-order valence-corrected chi connectivity index (χ1v) is 7.58. The lowest BCUT2D eigenvalue weighted by atomic mass is 9.96. The summed E-state index contributed by atoms with van der Waals surface area (Å²) in [7, 11) is 0. The molecule has 0 saturated carbocycles. The molecule has 3 rings (SSSR count). The largest absolute Gasteiger partial charge is 0.420 e. The monoisotopic (exact) mass is 361 g/mol. The van der Waals surface area contributed by atoms with Crippen molar-refractivity contribution >= 4 is 21.6 Å². The fourth-order valence-corrected chi connectivity index (χ4v) is 3.26. The number of halogens is 4. The predicted octanol–water partition coefficient (Wildman–Crippen LogP) is 2.81. The predicted molar refractivity (Wildman–Crippen MR) is 78.5 cm³/mol. The lowest BCUT2D eigenvalue weighted by molar-refractivity contribution is -0.227. The molecule has 114 valence electrons. The van der Waals surface area contributed by atoms with Crippen molar-refractivity contribution in [3.8, 4) is 0 Å². The maximum absolute atomic E-state index is 13.7. The van der Waals surface area contributed by atoms with Crippen LogP contribution in [0.2, 0.25) is 0 Å². The van der Waals surface area contributed by atoms with Crippen molar-refractivity contribution in [1.82, 2.24) is 10.2 Å². The third-order valence-corrected chi connectivity index (χ3v) is 4.61. The van der Waals surface area contributed by atoms with Gasteiger partial charge in [-0.1, -0.05) is 28.1 Å². The lowest BCUT2D eigenvalue weighted by Gasteiger charge is -2.38. The highest BCUT2D eigenvalue weighted by Gasteiger charge is 2.61. The number of hydrogen-bond acceptors (Lipinski definition) is 3. The van der Waals surface area contributed by atoms with E-state index >= 15 is 0 Å². The molecule has 2 aliphatic rings. The van der Waals surface area contributed by atoms with Crippen LogP contribution < -0.4 is 5.32 Å². The zero-order valence-corrected chi connectivity index (χ0v) is 12.8. The van der Waals surface area contributed by atoms with Crippen LogP contribution in [0.3, 0.4) is 0 Å². The van der Waals surface area contributed by atoms with Gasteiger partial charge in [0.1, 0.15) is 0 Å². The van der Waals surface area contributed by atoms with Gasteiger partial charge in [-0.05, 0) is 17.7 Å². The van der Waals surface area contributed by atoms with E-state index in [9.17, 15) is 13.2 Å². The van der Waals surface area contributed by atoms with Crippen molar-refractivity contribution in [1.29, 1.82) is 0 Å². The molecule has 1 saturated heterocycles. The summed E-state index contributed by atoms with van der Waals surface area (Å²) < 4.78 is 41.9. The van der Waals surface area contributed by atoms with E-state index in [2.05, 4.69) is 26.2 Å². The fraction of sp³-hybridized carbons (Fsp3) is 0.500. The number of nitrogens with zero attached hydrogens (tertiary/aromatic N) is 2. The van der Waals surface area contributed by atoms with Gasteiger partial charge in [0, 0.05) is 36.2 Å². The molecule has 1 aromatic rings. The maximum Gasteiger partial charge on any atom is 0.420 e. The van der Waals surface area contributed by atoms with Crippen LogP contribution in [0.5, 0.6) is 0 Å². The fourth-order valence-electron chi connectivity index (χ4n) is 3.00. The Hall–Kier alpha value is -0.920. The van der Waals surface area contributed by atoms with E-state index in [1.165, 1.54) is 4.90 Å². The minimum Gasteiger partial charge on any atom is -0.290 e. The molecule has 1 fully saturated rings. The molecule has 0 spiro atoms. The molecule has 0 aliphatic carbocycles. The zero-order valence-electron chi connectivity index (χ0n) is 11.3. The number of benzene rings is 1. The molecule has 0 amide bonds. The summed E-state index contributed by atoms with van der Waals surface area (Å²) in [5, 5.41) is 2.67. The van der Waals surface area contributed by atoms with Crippen LogP contribution >= 0.6 is 15.9 Å². The van der Waals surface area contributed by atoms with E-state index in [0.717, 1.165) is 10.0 Å². The van der Waals surface area contributed by atoms with Crippen molar-refractivity contribution in [3.05, 3.63) is 34.3 Å². The van der Waals surface area contributed by atoms with E-state index in [4.69, 9.17) is 0 Å². The van der Waals surface area contributed by atoms with Crippen molar-refractivity contribution in [2.24, 2.45) is 4.99 Å². The van der Waals surface area contributed by atoms with Gasteiger partial charge in [-0.2, -0.15) is 13.2 Å². The molecule has 1 aromatic carbocycles. The number of fused-ring (bicyclic) bond motifs is 1. The van der Waals surface area contributed by atoms with Crippen LogP contribution in [-0.2, 0) is 0 Å². The normalized spacial score (nSPS) is 27.1. The van der Waals surface area contributed by atoms with Crippen LogP contribution in [0.25, 0.3) is 0 Å². The van der Waals surface area contributed by atoms with E-state index in [0.29, 0.717) is 31.9 Å². The van der Waals surface area contributed by atoms with Gasteiger partial charge in [0.05, 0.1) is 6.54 Å². The Balaban J connectivity index is 1.97. The van der Waals surface area contributed by atoms with Gasteiger partial charge in [0.2, 0.25) is 0 Å². The molecule has 2 heterocycles. The van der Waals surface area contributed by atoms with E-state index in [1.807, 2.05) is 12.1 Å². The second kappa shape index (κ2) is 5.37. The Bertz CT molecular complexity index is 556. The highest BCUT2D eigenvalue weighted by atomic mass is 79.9. The zero-order chi connectivity index (χ0) is 15.1. The standard InChI is InChI=1S/C14H15BrF3N3/c15-11-3-1-10(2-4-11)12-9-13(14(16,17)18)20-6-8-21(13)7-5-19-12/h1-4,20H,5-9H2/t13-/m0/s1. The third-order valence-electron chi connectivity index (χ3n) is 4.08. The second-order valence-corrected chi connectivity index (χ2v) is 6.20. The molecule has 7 heteroatoms. The molecule has 3 nitrogen and oxygen atoms in total. The van der Waals surface area contributed by atoms with Crippen LogP contribution in [0.1, 0.15) is 12.0 Å². The van der Waals surface area contributed by atoms with Gasteiger partial charge >= 0.3 is 6.18 Å². The Morgan fingerprint density at radius 1 is 1.19 bits per heavy atom. The quantitative estimate of drug-likeness (QED) is 0.832. The minimum absolute atomic E-state index is 0.155. The maximum atomic E-state index is 13.7. The molecule has 0 unspecified atom stereocenters. The van der Waals surface area contributed by atoms with Crippen LogP contribution in [0.15, 0.2) is 33.7 Å². The average molecular weight is 362 g/mol. The molecule has 1 atom stereocenters. The van der Waals surface area contributed by atoms with Gasteiger partial charge < -0.3 is 0 Å². The first-order chi connectivity index (χ1) is 9.92. The van der Waals surface area contributed by atoms with Crippen molar-refractivity contribution in [2.75, 3.05) is 26.2 Å². The van der Waals surface area contributed by atoms with Crippen molar-refractivity contribution in [2.45, 2.75) is 18.3 Å². The average Bonchev–Trinajstić information content (AvgIpc) is 2.74. The SMILES string of the molecule is FC(F)(F)[C@]12CC(c3ccc(Br)cc3)=NCCN1CCN2. The number of hydrogen-bond donors (Lipinski definition) is 1. The van der Waals surface area contributed by atoms with Crippen molar-refractivity contribution < 1.29 is 13.2 Å². The van der Waals surface area contributed by atoms with Gasteiger partial charge in [0.25, 0.3) is 0 Å². The summed E-state index contributed by atoms with van der Waals surface area (Å²) >= 11 is 3.33. The summed E-state index contributed by atoms with van der Waals surface area (Å²) in [6.45, 7) is 1.48. The van der Waals surface area contributed by atoms with Gasteiger partial charge in [0.15, 0.2) is 5.66 Å². The molecular weight excluding hydrogens is 347 g/mol. The molecule has 21 heavy (non-hydrogen) atoms. The molecule has 0 bridgehead atoms. The Morgan fingerprint density at radius 3 is 2.57 bits per heavy atom. The number of alkyl halides is 3. The smallest absolute Gasteiger partial charge is 0.290 e. The van der Waals surface area contributed by atoms with E-state index in [1.54, 1.807) is 12.1 Å². The summed E-state index contributed by atoms with van der Waals surface area (Å²) in [6.07, 6.45) is -4.48. The number of nitrogens with one attached hydrogen (secondary N) is 1. The summed E-state index contributed by atoms with van der Waals surface area (Å²) in [5.41, 5.74) is -0.718. The Kier molecular flexibility index (Phi) is 3.83. The Morgan fingerprint density at radius 2 is 1.90 bits per heavy atom. The Labute approximate surface area is 129 Å². The molecular formula is C14H15BrF3N3. The number of rotatable bonds is 1. The number of aliphatic imine (C=N–C) groups is 1. The molecule has 1 N–H and O–H groups in total. The second-order valence-electron chi connectivity index (χ2n) is 5.28. The van der Waals surface area contributed by atoms with Crippen LogP contribution in [0, 0.1) is 0 Å². The van der Waals surface area contributed by atoms with E-state index in [-0.39, 0.29) is 6.42 Å². The van der Waals surface area contributed by atoms with Gasteiger partial charge in [-0.15, -0.1) is 0 Å². The minimum atomic E-state index is -4.33. The summed E-state index contributed by atoms with van der Waals surface area (Å²) in [4.78, 5) is 5.86. The van der Waals surface area contributed by atoms with Crippen molar-refractivity contribution in [3.63, 3.8) is 0 Å². The van der Waals surface area contributed by atoms with Gasteiger partial charge in [-0.3, -0.25) is 15.2 Å². The third kappa shape index (κ3) is 2.62. The first kappa shape index (κ1) is 15.0. The molecule has 0 aromatic heterocycles. The van der Waals surface area contributed by atoms with Crippen LogP contribution in [-0.4, -0.2) is 48.6 Å². The van der Waals surface area contributed by atoms with Gasteiger partial charge in [-0.25, -0.2) is 0 Å². The molecule has 2 aliphatic heterocycles. The molecule has 0 radical (unpaired) electrons. The first-order valence-electron chi connectivity index (χ1n) is 6.78.